The summed E-state index contributed by atoms with van der Waals surface area (Å²) in [6, 6.07) is 20.6. The summed E-state index contributed by atoms with van der Waals surface area (Å²) in [5.74, 6) is 7.59. The average Bonchev–Trinajstić information content (AvgIpc) is 2.84. The minimum absolute atomic E-state index is 0.191. The summed E-state index contributed by atoms with van der Waals surface area (Å²) in [6.45, 7) is 1.34. The van der Waals surface area contributed by atoms with Gasteiger partial charge in [-0.1, -0.05) is 54.3 Å². The van der Waals surface area contributed by atoms with Crippen LogP contribution >= 0.6 is 8.25 Å². The van der Waals surface area contributed by atoms with Crippen LogP contribution in [0.4, 0.5) is 0 Å². The molecule has 0 saturated heterocycles. The van der Waals surface area contributed by atoms with Crippen LogP contribution in [0.3, 0.4) is 0 Å². The van der Waals surface area contributed by atoms with E-state index in [1.807, 2.05) is 24.3 Å². The van der Waals surface area contributed by atoms with E-state index in [4.69, 9.17) is 9.63 Å². The van der Waals surface area contributed by atoms with E-state index >= 15 is 0 Å². The maximum Gasteiger partial charge on any atom is 0.344 e. The molecule has 3 rings (SSSR count). The average molecular weight is 468 g/mol. The van der Waals surface area contributed by atoms with Crippen molar-refractivity contribution >= 4 is 19.0 Å². The van der Waals surface area contributed by atoms with Crippen molar-refractivity contribution in [1.82, 2.24) is 5.32 Å². The highest BCUT2D eigenvalue weighted by molar-refractivity contribution is 7.31. The molecule has 33 heavy (non-hydrogen) atoms. The molecule has 0 saturated carbocycles. The van der Waals surface area contributed by atoms with Gasteiger partial charge in [-0.15, -0.1) is 0 Å². The predicted molar refractivity (Wildman–Crippen MR) is 131 cm³/mol. The molecule has 0 aromatic heterocycles. The summed E-state index contributed by atoms with van der Waals surface area (Å²) in [5, 5.41) is 5.55. The number of hydrogen-bond donors (Lipinski definition) is 2. The molecule has 0 radical (unpaired) electrons. The van der Waals surface area contributed by atoms with E-state index in [0.717, 1.165) is 53.3 Å². The predicted octanol–water partition coefficient (Wildman–Crippen LogP) is 5.03. The molecule has 0 fully saturated rings. The van der Waals surface area contributed by atoms with Crippen LogP contribution in [0.1, 0.15) is 36.0 Å². The quantitative estimate of drug-likeness (QED) is 0.128. The third-order valence-corrected chi connectivity index (χ3v) is 5.46. The smallest absolute Gasteiger partial charge is 0.344 e. The van der Waals surface area contributed by atoms with Crippen molar-refractivity contribution in [2.75, 3.05) is 20.3 Å². The van der Waals surface area contributed by atoms with Crippen LogP contribution in [0.2, 0.25) is 0 Å². The van der Waals surface area contributed by atoms with Gasteiger partial charge in [0.1, 0.15) is 5.75 Å². The molecule has 0 spiro atoms. The van der Waals surface area contributed by atoms with Crippen LogP contribution in [0.15, 0.2) is 60.7 Å². The van der Waals surface area contributed by atoms with Gasteiger partial charge in [0, 0.05) is 25.1 Å². The summed E-state index contributed by atoms with van der Waals surface area (Å²) < 4.78 is 19.9. The van der Waals surface area contributed by atoms with Gasteiger partial charge in [-0.3, -0.25) is 4.57 Å². The van der Waals surface area contributed by atoms with Gasteiger partial charge in [0.05, 0.1) is 13.7 Å². The summed E-state index contributed by atoms with van der Waals surface area (Å²) in [7, 11) is -1.36. The van der Waals surface area contributed by atoms with Gasteiger partial charge in [-0.25, -0.2) is 4.89 Å². The standard InChI is InChI=1S/C26H30NO5P/c1-30-24-12-8-10-21(19-24)9-4-2-3-5-11-22-15-16-23(26-14-7-6-13-25(22)26)20-27-17-18-31-32-33(28)29/h6-8,10,12-16,19,27,33H,2-4,9,17-18,20H2,1H3,(H,28,29). The number of unbranched alkanes of at least 4 members (excludes halogenated alkanes) is 2. The fraction of sp³-hybridized carbons (Fsp3) is 0.308. The van der Waals surface area contributed by atoms with E-state index in [9.17, 15) is 4.57 Å². The highest BCUT2D eigenvalue weighted by Gasteiger charge is 2.04. The molecular weight excluding hydrogens is 437 g/mol. The maximum atomic E-state index is 10.4. The van der Waals surface area contributed by atoms with Gasteiger partial charge in [-0.2, -0.15) is 4.67 Å². The van der Waals surface area contributed by atoms with Crippen molar-refractivity contribution in [2.45, 2.75) is 32.2 Å². The lowest BCUT2D eigenvalue weighted by atomic mass is 9.99. The Kier molecular flexibility index (Phi) is 10.4. The lowest BCUT2D eigenvalue weighted by Gasteiger charge is -2.10. The largest absolute Gasteiger partial charge is 0.497 e. The maximum absolute atomic E-state index is 10.4. The van der Waals surface area contributed by atoms with Crippen molar-refractivity contribution in [3.05, 3.63) is 77.4 Å². The first-order chi connectivity index (χ1) is 16.2. The topological polar surface area (TPSA) is 77.0 Å². The zero-order valence-electron chi connectivity index (χ0n) is 18.8. The Balaban J connectivity index is 1.51. The van der Waals surface area contributed by atoms with Gasteiger partial charge in [0.15, 0.2) is 0 Å². The number of ether oxygens (including phenoxy) is 1. The Morgan fingerprint density at radius 3 is 2.70 bits per heavy atom. The minimum Gasteiger partial charge on any atom is -0.497 e. The van der Waals surface area contributed by atoms with Crippen molar-refractivity contribution in [1.29, 1.82) is 0 Å². The first kappa shape index (κ1) is 25.0. The second-order valence-corrected chi connectivity index (χ2v) is 8.22. The fourth-order valence-electron chi connectivity index (χ4n) is 3.58. The molecule has 0 aliphatic rings. The van der Waals surface area contributed by atoms with E-state index in [-0.39, 0.29) is 6.61 Å². The van der Waals surface area contributed by atoms with E-state index in [1.165, 1.54) is 5.56 Å². The Bertz CT molecular complexity index is 1120. The number of rotatable bonds is 12. The van der Waals surface area contributed by atoms with E-state index in [2.05, 4.69) is 63.1 Å². The van der Waals surface area contributed by atoms with Crippen molar-refractivity contribution in [3.8, 4) is 17.6 Å². The van der Waals surface area contributed by atoms with Crippen LogP contribution in [0, 0.1) is 11.8 Å². The molecule has 3 aromatic carbocycles. The molecular formula is C26H30NO5P. The molecule has 0 aliphatic carbocycles. The van der Waals surface area contributed by atoms with E-state index < -0.39 is 8.25 Å². The van der Waals surface area contributed by atoms with Crippen LogP contribution in [0.25, 0.3) is 10.8 Å². The molecule has 0 heterocycles. The van der Waals surface area contributed by atoms with Gasteiger partial charge in [-0.05, 0) is 59.4 Å². The number of hydrogen-bond acceptors (Lipinski definition) is 5. The summed E-state index contributed by atoms with van der Waals surface area (Å²) in [4.78, 5) is 13.2. The van der Waals surface area contributed by atoms with Gasteiger partial charge in [0.2, 0.25) is 0 Å². The summed E-state index contributed by atoms with van der Waals surface area (Å²) in [6.07, 6.45) is 4.04. The molecule has 6 nitrogen and oxygen atoms in total. The van der Waals surface area contributed by atoms with E-state index in [1.54, 1.807) is 7.11 Å². The SMILES string of the molecule is COc1cccc(CCCCC#Cc2ccc(CNCCOO[PH](=O)O)c3ccccc23)c1. The van der Waals surface area contributed by atoms with Gasteiger partial charge in [0.25, 0.3) is 0 Å². The molecule has 2 N–H and O–H groups in total. The second kappa shape index (κ2) is 13.8. The van der Waals surface area contributed by atoms with Crippen LogP contribution in [-0.4, -0.2) is 25.2 Å². The van der Waals surface area contributed by atoms with Crippen molar-refractivity contribution in [3.63, 3.8) is 0 Å². The lowest BCUT2D eigenvalue weighted by Crippen LogP contribution is -2.19. The van der Waals surface area contributed by atoms with Crippen LogP contribution < -0.4 is 10.1 Å². The fourth-order valence-corrected chi connectivity index (χ4v) is 3.77. The second-order valence-electron chi connectivity index (χ2n) is 7.53. The van der Waals surface area contributed by atoms with Gasteiger partial charge >= 0.3 is 8.25 Å². The molecule has 1 atom stereocenters. The Hall–Kier alpha value is -2.65. The zero-order chi connectivity index (χ0) is 23.3. The first-order valence-corrected chi connectivity index (χ1v) is 12.3. The number of methoxy groups -OCH3 is 1. The monoisotopic (exact) mass is 467 g/mol. The van der Waals surface area contributed by atoms with Gasteiger partial charge < -0.3 is 14.9 Å². The summed E-state index contributed by atoms with van der Waals surface area (Å²) >= 11 is 0. The normalized spacial score (nSPS) is 11.7. The number of aryl methyl sites for hydroxylation is 1. The highest BCUT2D eigenvalue weighted by atomic mass is 31.1. The molecule has 0 amide bonds. The number of fused-ring (bicyclic) bond motifs is 1. The van der Waals surface area contributed by atoms with Crippen LogP contribution in [0.5, 0.6) is 5.75 Å². The van der Waals surface area contributed by atoms with Crippen molar-refractivity contribution < 1.29 is 23.8 Å². The Morgan fingerprint density at radius 1 is 1.03 bits per heavy atom. The molecule has 0 aliphatic heterocycles. The minimum atomic E-state index is -3.05. The van der Waals surface area contributed by atoms with Crippen molar-refractivity contribution in [2.24, 2.45) is 0 Å². The number of benzene rings is 3. The molecule has 174 valence electrons. The molecule has 3 aromatic rings. The lowest BCUT2D eigenvalue weighted by molar-refractivity contribution is -0.205. The third kappa shape index (κ3) is 8.33. The summed E-state index contributed by atoms with van der Waals surface area (Å²) in [5.41, 5.74) is 3.49. The highest BCUT2D eigenvalue weighted by Crippen LogP contribution is 2.22. The molecule has 1 unspecified atom stereocenters. The number of nitrogens with one attached hydrogen (secondary N) is 1. The third-order valence-electron chi connectivity index (χ3n) is 5.20. The Labute approximate surface area is 195 Å². The van der Waals surface area contributed by atoms with Crippen LogP contribution in [-0.2, 0) is 27.1 Å². The molecule has 0 bridgehead atoms. The molecule has 7 heteroatoms. The zero-order valence-corrected chi connectivity index (χ0v) is 19.8. The van der Waals surface area contributed by atoms with E-state index in [0.29, 0.717) is 13.1 Å². The first-order valence-electron chi connectivity index (χ1n) is 11.0. The Morgan fingerprint density at radius 2 is 1.88 bits per heavy atom.